The van der Waals surface area contributed by atoms with Crippen LogP contribution in [0.15, 0.2) is 22.8 Å². The third-order valence-corrected chi connectivity index (χ3v) is 7.97. The van der Waals surface area contributed by atoms with Gasteiger partial charge in [-0.1, -0.05) is 0 Å². The van der Waals surface area contributed by atoms with E-state index in [-0.39, 0.29) is 32.7 Å². The second kappa shape index (κ2) is 6.39. The summed E-state index contributed by atoms with van der Waals surface area (Å²) in [6.07, 6.45) is 6.71. The number of fused-ring (bicyclic) bond motifs is 1. The van der Waals surface area contributed by atoms with Crippen LogP contribution in [0.5, 0.6) is 0 Å². The van der Waals surface area contributed by atoms with Gasteiger partial charge >= 0.3 is 131 Å². The quantitative estimate of drug-likeness (QED) is 0.597. The van der Waals surface area contributed by atoms with Crippen LogP contribution in [-0.2, 0) is 5.60 Å². The molecule has 0 spiro atoms. The Morgan fingerprint density at radius 1 is 1.33 bits per heavy atom. The molecule has 114 valence electrons. The van der Waals surface area contributed by atoms with Crippen molar-refractivity contribution in [2.45, 2.75) is 37.7 Å². The SMILES string of the molecule is O=C(O)c1cc[n+]2[se]c(C3(O)CCCCC3)c(Br)c2c1.[Cl-]. The third kappa shape index (κ3) is 3.06. The fourth-order valence-corrected chi connectivity index (χ4v) is 6.43. The van der Waals surface area contributed by atoms with Crippen LogP contribution in [0, 0.1) is 0 Å². The van der Waals surface area contributed by atoms with Gasteiger partial charge in [0.2, 0.25) is 0 Å². The van der Waals surface area contributed by atoms with Gasteiger partial charge in [0.15, 0.2) is 0 Å². The molecule has 2 aromatic heterocycles. The summed E-state index contributed by atoms with van der Waals surface area (Å²) in [6, 6.07) is 3.29. The topological polar surface area (TPSA) is 61.6 Å². The fourth-order valence-electron chi connectivity index (χ4n) is 2.77. The van der Waals surface area contributed by atoms with Crippen LogP contribution in [0.1, 0.15) is 46.9 Å². The molecule has 21 heavy (non-hydrogen) atoms. The van der Waals surface area contributed by atoms with E-state index in [1.807, 2.05) is 3.40 Å². The molecule has 0 amide bonds. The Kier molecular flexibility index (Phi) is 5.16. The molecule has 1 saturated carbocycles. The largest absolute Gasteiger partial charge is 1.00 e. The Hall–Kier alpha value is -0.391. The van der Waals surface area contributed by atoms with Gasteiger partial charge in [-0.3, -0.25) is 0 Å². The molecule has 0 saturated heterocycles. The van der Waals surface area contributed by atoms with Gasteiger partial charge in [0.1, 0.15) is 0 Å². The Morgan fingerprint density at radius 2 is 2.00 bits per heavy atom. The Balaban J connectivity index is 0.00000161. The number of rotatable bonds is 2. The zero-order valence-corrected chi connectivity index (χ0v) is 15.2. The number of carboxylic acid groups (broad SMARTS) is 1. The van der Waals surface area contributed by atoms with E-state index in [9.17, 15) is 9.90 Å². The number of carboxylic acids is 1. The van der Waals surface area contributed by atoms with Gasteiger partial charge in [0.05, 0.1) is 0 Å². The van der Waals surface area contributed by atoms with Crippen molar-refractivity contribution < 1.29 is 30.8 Å². The molecule has 0 aliphatic heterocycles. The van der Waals surface area contributed by atoms with E-state index in [0.717, 1.165) is 40.1 Å². The van der Waals surface area contributed by atoms with E-state index in [0.29, 0.717) is 0 Å². The number of carbonyl (C=O) groups is 1. The average Bonchev–Trinajstić information content (AvgIpc) is 2.77. The summed E-state index contributed by atoms with van der Waals surface area (Å²) in [4.78, 5) is 11.1. The second-order valence-corrected chi connectivity index (χ2v) is 8.12. The van der Waals surface area contributed by atoms with Crippen LogP contribution < -0.4 is 15.8 Å². The van der Waals surface area contributed by atoms with Crippen molar-refractivity contribution >= 4 is 42.1 Å². The first-order valence-electron chi connectivity index (χ1n) is 6.62. The van der Waals surface area contributed by atoms with Gasteiger partial charge in [0, 0.05) is 0 Å². The minimum atomic E-state index is -0.925. The maximum Gasteiger partial charge on any atom is -1.00 e. The van der Waals surface area contributed by atoms with Crippen molar-refractivity contribution in [1.82, 2.24) is 0 Å². The Labute approximate surface area is 143 Å². The van der Waals surface area contributed by atoms with Crippen molar-refractivity contribution in [3.05, 3.63) is 32.8 Å². The number of aromatic carboxylic acids is 1. The van der Waals surface area contributed by atoms with E-state index < -0.39 is 11.6 Å². The van der Waals surface area contributed by atoms with Crippen molar-refractivity contribution in [3.8, 4) is 0 Å². The van der Waals surface area contributed by atoms with Crippen molar-refractivity contribution in [2.75, 3.05) is 0 Å². The molecule has 2 N–H and O–H groups in total. The van der Waals surface area contributed by atoms with E-state index in [4.69, 9.17) is 5.11 Å². The Bertz CT molecular complexity index is 682. The average molecular weight is 440 g/mol. The van der Waals surface area contributed by atoms with Gasteiger partial charge in [-0.2, -0.15) is 0 Å². The summed E-state index contributed by atoms with van der Waals surface area (Å²) in [6.45, 7) is 0. The van der Waals surface area contributed by atoms with Crippen LogP contribution >= 0.6 is 15.9 Å². The molecule has 7 heteroatoms. The van der Waals surface area contributed by atoms with E-state index in [1.54, 1.807) is 18.3 Å². The second-order valence-electron chi connectivity index (χ2n) is 5.26. The number of hydrogen-bond acceptors (Lipinski definition) is 2. The molecule has 1 aliphatic rings. The molecule has 0 unspecified atom stereocenters. The predicted molar refractivity (Wildman–Crippen MR) is 78.2 cm³/mol. The first-order chi connectivity index (χ1) is 9.51. The molecular weight excluding hydrogens is 424 g/mol. The summed E-state index contributed by atoms with van der Waals surface area (Å²) < 4.78 is 3.98. The summed E-state index contributed by atoms with van der Waals surface area (Å²) in [5.74, 6) is -0.925. The van der Waals surface area contributed by atoms with Gasteiger partial charge in [0.25, 0.3) is 0 Å². The third-order valence-electron chi connectivity index (χ3n) is 3.88. The zero-order valence-electron chi connectivity index (χ0n) is 11.2. The van der Waals surface area contributed by atoms with Crippen LogP contribution in [0.2, 0.25) is 0 Å². The maximum absolute atomic E-state index is 11.1. The minimum Gasteiger partial charge on any atom is -1.00 e. The van der Waals surface area contributed by atoms with E-state index >= 15 is 0 Å². The number of pyridine rings is 1. The summed E-state index contributed by atoms with van der Waals surface area (Å²) in [7, 11) is 0. The molecule has 3 rings (SSSR count). The van der Waals surface area contributed by atoms with Crippen LogP contribution in [-0.4, -0.2) is 30.9 Å². The normalized spacial score (nSPS) is 17.4. The molecule has 0 bridgehead atoms. The van der Waals surface area contributed by atoms with Gasteiger partial charge in [-0.05, 0) is 0 Å². The van der Waals surface area contributed by atoms with Crippen molar-refractivity contribution in [3.63, 3.8) is 0 Å². The molecule has 0 aromatic carbocycles. The number of nitrogens with zero attached hydrogens (tertiary/aromatic N) is 1. The van der Waals surface area contributed by atoms with Gasteiger partial charge < -0.3 is 12.4 Å². The summed E-state index contributed by atoms with van der Waals surface area (Å²) in [5.41, 5.74) is 0.423. The number of hydrogen-bond donors (Lipinski definition) is 2. The fraction of sp³-hybridized carbons (Fsp3) is 0.429. The molecule has 1 fully saturated rings. The van der Waals surface area contributed by atoms with Gasteiger partial charge in [-0.15, -0.1) is 0 Å². The summed E-state index contributed by atoms with van der Waals surface area (Å²) >= 11 is 3.58. The monoisotopic (exact) mass is 439 g/mol. The molecule has 1 aliphatic carbocycles. The van der Waals surface area contributed by atoms with E-state index in [2.05, 4.69) is 15.9 Å². The van der Waals surface area contributed by atoms with Crippen molar-refractivity contribution in [1.29, 1.82) is 0 Å². The molecular formula is C14H15BrClNO3Se. The van der Waals surface area contributed by atoms with Crippen LogP contribution in [0.3, 0.4) is 0 Å². The minimum absolute atomic E-state index is 0. The number of halogens is 2. The predicted octanol–water partition coefficient (Wildman–Crippen LogP) is -0.901. The van der Waals surface area contributed by atoms with E-state index in [1.165, 1.54) is 6.42 Å². The van der Waals surface area contributed by atoms with Crippen molar-refractivity contribution in [2.24, 2.45) is 0 Å². The Morgan fingerprint density at radius 3 is 2.62 bits per heavy atom. The number of aliphatic hydroxyl groups is 1. The zero-order chi connectivity index (χ0) is 14.3. The standard InChI is InChI=1S/C14H14BrNO3Se.ClH/c15-11-10-8-9(13(17)18)4-7-16(10)20-12(11)14(19)5-2-1-3-6-14;/h4,7-8,19H,1-3,5-6H2;1H. The van der Waals surface area contributed by atoms with Crippen LogP contribution in [0.4, 0.5) is 0 Å². The molecule has 2 aromatic rings. The van der Waals surface area contributed by atoms with Gasteiger partial charge in [-0.25, -0.2) is 0 Å². The first-order valence-corrected chi connectivity index (χ1v) is 9.03. The molecule has 0 radical (unpaired) electrons. The smallest absolute Gasteiger partial charge is 1.00 e. The first kappa shape index (κ1) is 17.0. The summed E-state index contributed by atoms with van der Waals surface area (Å²) in [5, 5.41) is 20.0. The molecule has 2 heterocycles. The molecule has 0 atom stereocenters. The van der Waals surface area contributed by atoms with Crippen LogP contribution in [0.25, 0.3) is 5.52 Å². The molecule has 4 nitrogen and oxygen atoms in total. The number of aromatic nitrogens is 1. The maximum atomic E-state index is 11.1.